The van der Waals surface area contributed by atoms with E-state index in [1.165, 1.54) is 4.88 Å². The van der Waals surface area contributed by atoms with E-state index >= 15 is 0 Å². The van der Waals surface area contributed by atoms with Gasteiger partial charge in [0.2, 0.25) is 0 Å². The second-order valence-corrected chi connectivity index (χ2v) is 5.68. The zero-order valence-electron chi connectivity index (χ0n) is 9.06. The Bertz CT molecular complexity index is 326. The molecule has 1 atom stereocenters. The second-order valence-electron chi connectivity index (χ2n) is 3.93. The lowest BCUT2D eigenvalue weighted by atomic mass is 10.1. The molecule has 1 fully saturated rings. The van der Waals surface area contributed by atoms with Gasteiger partial charge in [0.15, 0.2) is 0 Å². The molecule has 1 N–H and O–H groups in total. The van der Waals surface area contributed by atoms with Crippen molar-refractivity contribution in [2.24, 2.45) is 0 Å². The van der Waals surface area contributed by atoms with Crippen LogP contribution in [0.2, 0.25) is 4.34 Å². The van der Waals surface area contributed by atoms with E-state index in [1.807, 2.05) is 12.1 Å². The van der Waals surface area contributed by atoms with Gasteiger partial charge in [0, 0.05) is 30.4 Å². The van der Waals surface area contributed by atoms with Crippen LogP contribution in [-0.4, -0.2) is 49.5 Å². The van der Waals surface area contributed by atoms with Crippen LogP contribution < -0.4 is 0 Å². The second kappa shape index (κ2) is 5.98. The molecule has 1 aromatic rings. The quantitative estimate of drug-likeness (QED) is 0.897. The van der Waals surface area contributed by atoms with Gasteiger partial charge in [-0.05, 0) is 12.1 Å². The summed E-state index contributed by atoms with van der Waals surface area (Å²) in [5.41, 5.74) is 0. The number of nitrogens with zero attached hydrogens (tertiary/aromatic N) is 1. The Morgan fingerprint density at radius 3 is 2.75 bits per heavy atom. The van der Waals surface area contributed by atoms with Crippen LogP contribution >= 0.6 is 22.9 Å². The molecule has 1 aliphatic rings. The van der Waals surface area contributed by atoms with E-state index in [1.54, 1.807) is 11.3 Å². The molecule has 0 spiro atoms. The number of halogens is 1. The van der Waals surface area contributed by atoms with Gasteiger partial charge in [0.25, 0.3) is 0 Å². The molecule has 2 heterocycles. The number of hydrogen-bond acceptors (Lipinski definition) is 4. The summed E-state index contributed by atoms with van der Waals surface area (Å²) in [4.78, 5) is 3.50. The molecular weight excluding hydrogens is 246 g/mol. The molecule has 2 rings (SSSR count). The van der Waals surface area contributed by atoms with Crippen molar-refractivity contribution in [1.29, 1.82) is 0 Å². The molecule has 1 aromatic heterocycles. The highest BCUT2D eigenvalue weighted by atomic mass is 35.5. The minimum Gasteiger partial charge on any atom is -0.396 e. The fourth-order valence-corrected chi connectivity index (χ4v) is 3.02. The zero-order chi connectivity index (χ0) is 11.4. The molecule has 0 bridgehead atoms. The third-order valence-corrected chi connectivity index (χ3v) is 4.19. The number of aliphatic hydroxyl groups excluding tert-OH is 1. The molecule has 1 saturated heterocycles. The summed E-state index contributed by atoms with van der Waals surface area (Å²) in [7, 11) is 0. The average molecular weight is 262 g/mol. The van der Waals surface area contributed by atoms with Gasteiger partial charge in [-0.3, -0.25) is 4.90 Å². The van der Waals surface area contributed by atoms with E-state index in [-0.39, 0.29) is 12.5 Å². The lowest BCUT2D eigenvalue weighted by molar-refractivity contribution is 0.0321. The van der Waals surface area contributed by atoms with Gasteiger partial charge in [-0.15, -0.1) is 11.3 Å². The first-order valence-corrected chi connectivity index (χ1v) is 6.65. The van der Waals surface area contributed by atoms with Gasteiger partial charge in [0.1, 0.15) is 0 Å². The van der Waals surface area contributed by atoms with Crippen molar-refractivity contribution in [3.8, 4) is 0 Å². The molecule has 1 aliphatic heterocycles. The maximum atomic E-state index is 9.43. The number of aliphatic hydroxyl groups is 1. The van der Waals surface area contributed by atoms with Crippen molar-refractivity contribution in [3.05, 3.63) is 21.3 Å². The van der Waals surface area contributed by atoms with Gasteiger partial charge >= 0.3 is 0 Å². The lowest BCUT2D eigenvalue weighted by Crippen LogP contribution is -2.39. The summed E-state index contributed by atoms with van der Waals surface area (Å²) < 4.78 is 6.09. The monoisotopic (exact) mass is 261 g/mol. The molecule has 16 heavy (non-hydrogen) atoms. The largest absolute Gasteiger partial charge is 0.396 e. The highest BCUT2D eigenvalue weighted by Crippen LogP contribution is 2.28. The van der Waals surface area contributed by atoms with E-state index in [9.17, 15) is 5.11 Å². The summed E-state index contributed by atoms with van der Waals surface area (Å²) in [6.45, 7) is 4.56. The maximum absolute atomic E-state index is 9.43. The molecular formula is C11H16ClNO2S. The fraction of sp³-hybridized carbons (Fsp3) is 0.636. The first kappa shape index (κ1) is 12.3. The van der Waals surface area contributed by atoms with Crippen molar-refractivity contribution in [2.45, 2.75) is 5.92 Å². The Hall–Kier alpha value is -0.130. The average Bonchev–Trinajstić information content (AvgIpc) is 2.74. The number of thiophene rings is 1. The van der Waals surface area contributed by atoms with Crippen LogP contribution in [0.5, 0.6) is 0 Å². The van der Waals surface area contributed by atoms with Crippen molar-refractivity contribution < 1.29 is 9.84 Å². The fourth-order valence-electron chi connectivity index (χ4n) is 1.88. The van der Waals surface area contributed by atoms with Gasteiger partial charge in [-0.2, -0.15) is 0 Å². The van der Waals surface area contributed by atoms with Gasteiger partial charge < -0.3 is 9.84 Å². The highest BCUT2D eigenvalue weighted by Gasteiger charge is 2.18. The summed E-state index contributed by atoms with van der Waals surface area (Å²) in [6, 6.07) is 3.90. The predicted molar refractivity (Wildman–Crippen MR) is 66.4 cm³/mol. The Kier molecular flexibility index (Phi) is 4.61. The zero-order valence-corrected chi connectivity index (χ0v) is 10.6. The Morgan fingerprint density at radius 2 is 2.19 bits per heavy atom. The molecule has 0 amide bonds. The molecule has 0 aromatic carbocycles. The molecule has 5 heteroatoms. The van der Waals surface area contributed by atoms with Crippen LogP contribution in [0, 0.1) is 0 Å². The van der Waals surface area contributed by atoms with Crippen molar-refractivity contribution in [2.75, 3.05) is 39.5 Å². The molecule has 0 saturated carbocycles. The number of hydrogen-bond donors (Lipinski definition) is 1. The van der Waals surface area contributed by atoms with Crippen LogP contribution in [0.3, 0.4) is 0 Å². The van der Waals surface area contributed by atoms with E-state index in [4.69, 9.17) is 16.3 Å². The van der Waals surface area contributed by atoms with E-state index in [2.05, 4.69) is 4.90 Å². The standard InChI is InChI=1S/C11H16ClNO2S/c12-11-2-1-10(16-11)9(8-14)7-13-3-5-15-6-4-13/h1-2,9,14H,3-8H2. The summed E-state index contributed by atoms with van der Waals surface area (Å²) in [5.74, 6) is 0.176. The normalized spacial score (nSPS) is 19.9. The van der Waals surface area contributed by atoms with Crippen LogP contribution in [0.25, 0.3) is 0 Å². The topological polar surface area (TPSA) is 32.7 Å². The highest BCUT2D eigenvalue weighted by molar-refractivity contribution is 7.16. The van der Waals surface area contributed by atoms with Crippen LogP contribution in [0.1, 0.15) is 10.8 Å². The van der Waals surface area contributed by atoms with Crippen LogP contribution in [0.4, 0.5) is 0 Å². The molecule has 0 aliphatic carbocycles. The van der Waals surface area contributed by atoms with E-state index in [0.717, 1.165) is 37.2 Å². The Morgan fingerprint density at radius 1 is 1.44 bits per heavy atom. The first-order valence-electron chi connectivity index (χ1n) is 5.46. The van der Waals surface area contributed by atoms with Gasteiger partial charge in [0.05, 0.1) is 24.2 Å². The molecule has 90 valence electrons. The van der Waals surface area contributed by atoms with Crippen molar-refractivity contribution in [1.82, 2.24) is 4.90 Å². The van der Waals surface area contributed by atoms with Crippen LogP contribution in [-0.2, 0) is 4.74 Å². The summed E-state index contributed by atoms with van der Waals surface area (Å²) in [6.07, 6.45) is 0. The number of morpholine rings is 1. The first-order chi connectivity index (χ1) is 7.79. The molecule has 0 radical (unpaired) electrons. The van der Waals surface area contributed by atoms with Crippen LogP contribution in [0.15, 0.2) is 12.1 Å². The minimum absolute atomic E-state index is 0.175. The van der Waals surface area contributed by atoms with Gasteiger partial charge in [-0.25, -0.2) is 0 Å². The molecule has 1 unspecified atom stereocenters. The van der Waals surface area contributed by atoms with Crippen molar-refractivity contribution >= 4 is 22.9 Å². The number of ether oxygens (including phenoxy) is 1. The third-order valence-electron chi connectivity index (χ3n) is 2.80. The third kappa shape index (κ3) is 3.18. The van der Waals surface area contributed by atoms with E-state index < -0.39 is 0 Å². The SMILES string of the molecule is OCC(CN1CCOCC1)c1ccc(Cl)s1. The maximum Gasteiger partial charge on any atom is 0.0931 e. The number of rotatable bonds is 4. The smallest absolute Gasteiger partial charge is 0.0931 e. The Labute approximate surface area is 105 Å². The summed E-state index contributed by atoms with van der Waals surface area (Å²) >= 11 is 7.46. The summed E-state index contributed by atoms with van der Waals surface area (Å²) in [5, 5.41) is 9.43. The minimum atomic E-state index is 0.175. The predicted octanol–water partition coefficient (Wildman–Crippen LogP) is 1.81. The van der Waals surface area contributed by atoms with E-state index in [0.29, 0.717) is 0 Å². The molecule has 3 nitrogen and oxygen atoms in total. The Balaban J connectivity index is 1.94. The lowest BCUT2D eigenvalue weighted by Gasteiger charge is -2.29. The van der Waals surface area contributed by atoms with Gasteiger partial charge in [-0.1, -0.05) is 11.6 Å². The van der Waals surface area contributed by atoms with Crippen molar-refractivity contribution in [3.63, 3.8) is 0 Å².